The van der Waals surface area contributed by atoms with Gasteiger partial charge in [-0.2, -0.15) is 0 Å². The molecule has 0 spiro atoms. The lowest BCUT2D eigenvalue weighted by Gasteiger charge is -2.12. The highest BCUT2D eigenvalue weighted by molar-refractivity contribution is 9.09. The van der Waals surface area contributed by atoms with Crippen LogP contribution in [0.1, 0.15) is 20.3 Å². The molecule has 2 unspecified atom stereocenters. The molecule has 0 aromatic carbocycles. The maximum absolute atomic E-state index is 5.10. The fourth-order valence-electron chi connectivity index (χ4n) is 0.726. The van der Waals surface area contributed by atoms with Gasteiger partial charge in [-0.1, -0.05) is 22.9 Å². The summed E-state index contributed by atoms with van der Waals surface area (Å²) in [5, 5.41) is 1.07. The van der Waals surface area contributed by atoms with E-state index in [2.05, 4.69) is 29.8 Å². The van der Waals surface area contributed by atoms with Gasteiger partial charge in [-0.15, -0.1) is 0 Å². The maximum atomic E-state index is 5.10. The molecule has 9 heavy (non-hydrogen) atoms. The van der Waals surface area contributed by atoms with Gasteiger partial charge in [0.25, 0.3) is 0 Å². The van der Waals surface area contributed by atoms with Crippen LogP contribution in [0.2, 0.25) is 0 Å². The van der Waals surface area contributed by atoms with Crippen LogP contribution >= 0.6 is 15.9 Å². The fourth-order valence-corrected chi connectivity index (χ4v) is 0.990. The molecule has 0 aliphatic rings. The summed E-state index contributed by atoms with van der Waals surface area (Å²) in [5.41, 5.74) is 0. The van der Waals surface area contributed by atoms with E-state index in [-0.39, 0.29) is 0 Å². The molecular formula is C7H15BrO. The van der Waals surface area contributed by atoms with Crippen molar-refractivity contribution in [1.29, 1.82) is 0 Å². The molecule has 0 radical (unpaired) electrons. The van der Waals surface area contributed by atoms with Gasteiger partial charge in [0.05, 0.1) is 6.10 Å². The second kappa shape index (κ2) is 5.24. The molecule has 2 heteroatoms. The second-order valence-corrected chi connectivity index (χ2v) is 3.19. The average Bonchev–Trinajstić information content (AvgIpc) is 1.87. The summed E-state index contributed by atoms with van der Waals surface area (Å²) >= 11 is 3.42. The van der Waals surface area contributed by atoms with Crippen molar-refractivity contribution in [2.75, 3.05) is 12.4 Å². The third-order valence-corrected chi connectivity index (χ3v) is 2.51. The molecule has 0 N–H and O–H groups in total. The molecule has 0 aliphatic heterocycles. The fraction of sp³-hybridized carbons (Fsp3) is 1.00. The van der Waals surface area contributed by atoms with Crippen molar-refractivity contribution in [3.63, 3.8) is 0 Å². The van der Waals surface area contributed by atoms with E-state index >= 15 is 0 Å². The molecule has 0 rings (SSSR count). The van der Waals surface area contributed by atoms with Gasteiger partial charge < -0.3 is 4.74 Å². The van der Waals surface area contributed by atoms with Crippen molar-refractivity contribution in [3.8, 4) is 0 Å². The summed E-state index contributed by atoms with van der Waals surface area (Å²) in [4.78, 5) is 0. The lowest BCUT2D eigenvalue weighted by Crippen LogP contribution is -2.10. The summed E-state index contributed by atoms with van der Waals surface area (Å²) in [6, 6.07) is 0. The van der Waals surface area contributed by atoms with E-state index < -0.39 is 0 Å². The first-order valence-electron chi connectivity index (χ1n) is 3.29. The average molecular weight is 195 g/mol. The highest BCUT2D eigenvalue weighted by atomic mass is 79.9. The van der Waals surface area contributed by atoms with E-state index in [4.69, 9.17) is 4.74 Å². The molecule has 1 nitrogen and oxygen atoms in total. The van der Waals surface area contributed by atoms with Crippen LogP contribution in [-0.2, 0) is 4.74 Å². The van der Waals surface area contributed by atoms with Crippen LogP contribution in [0, 0.1) is 5.92 Å². The van der Waals surface area contributed by atoms with Crippen LogP contribution in [0.15, 0.2) is 0 Å². The maximum Gasteiger partial charge on any atom is 0.0546 e. The van der Waals surface area contributed by atoms with Crippen LogP contribution in [0.25, 0.3) is 0 Å². The Labute approximate surface area is 65.9 Å². The Bertz CT molecular complexity index is 57.9. The molecule has 0 heterocycles. The van der Waals surface area contributed by atoms with Crippen LogP contribution in [0.5, 0.6) is 0 Å². The third-order valence-electron chi connectivity index (χ3n) is 1.40. The molecule has 56 valence electrons. The summed E-state index contributed by atoms with van der Waals surface area (Å²) in [6.07, 6.45) is 1.54. The summed E-state index contributed by atoms with van der Waals surface area (Å²) in [5.74, 6) is 0.722. The molecule has 0 bridgehead atoms. The number of halogens is 1. The normalized spacial score (nSPS) is 17.3. The predicted molar refractivity (Wildman–Crippen MR) is 44.0 cm³/mol. The SMILES string of the molecule is COC(C)CC(C)CBr. The lowest BCUT2D eigenvalue weighted by molar-refractivity contribution is 0.100. The van der Waals surface area contributed by atoms with Gasteiger partial charge in [-0.25, -0.2) is 0 Å². The Morgan fingerprint density at radius 1 is 1.44 bits per heavy atom. The van der Waals surface area contributed by atoms with Crippen molar-refractivity contribution in [2.45, 2.75) is 26.4 Å². The first-order chi connectivity index (χ1) is 4.20. The van der Waals surface area contributed by atoms with Crippen LogP contribution in [0.3, 0.4) is 0 Å². The largest absolute Gasteiger partial charge is 0.382 e. The first-order valence-corrected chi connectivity index (χ1v) is 4.41. The number of hydrogen-bond donors (Lipinski definition) is 0. The third kappa shape index (κ3) is 4.91. The van der Waals surface area contributed by atoms with E-state index in [9.17, 15) is 0 Å². The van der Waals surface area contributed by atoms with Gasteiger partial charge in [0.2, 0.25) is 0 Å². The number of ether oxygens (including phenoxy) is 1. The second-order valence-electron chi connectivity index (χ2n) is 2.54. The van der Waals surface area contributed by atoms with E-state index in [1.165, 1.54) is 0 Å². The van der Waals surface area contributed by atoms with Crippen LogP contribution < -0.4 is 0 Å². The summed E-state index contributed by atoms with van der Waals surface area (Å²) < 4.78 is 5.10. The Morgan fingerprint density at radius 3 is 2.33 bits per heavy atom. The quantitative estimate of drug-likeness (QED) is 0.626. The van der Waals surface area contributed by atoms with Crippen molar-refractivity contribution < 1.29 is 4.74 Å². The minimum Gasteiger partial charge on any atom is -0.382 e. The minimum absolute atomic E-state index is 0.401. The highest BCUT2D eigenvalue weighted by Crippen LogP contribution is 2.09. The topological polar surface area (TPSA) is 9.23 Å². The van der Waals surface area contributed by atoms with Crippen LogP contribution in [-0.4, -0.2) is 18.5 Å². The monoisotopic (exact) mass is 194 g/mol. The molecule has 0 saturated carbocycles. The predicted octanol–water partition coefficient (Wildman–Crippen LogP) is 2.44. The van der Waals surface area contributed by atoms with Crippen LogP contribution in [0.4, 0.5) is 0 Å². The number of alkyl halides is 1. The zero-order valence-corrected chi connectivity index (χ0v) is 7.94. The van der Waals surface area contributed by atoms with Gasteiger partial charge >= 0.3 is 0 Å². The van der Waals surface area contributed by atoms with Crippen molar-refractivity contribution in [1.82, 2.24) is 0 Å². The standard InChI is InChI=1S/C7H15BrO/c1-6(5-8)4-7(2)9-3/h6-7H,4-5H2,1-3H3. The summed E-state index contributed by atoms with van der Waals surface area (Å²) in [7, 11) is 1.76. The van der Waals surface area contributed by atoms with Gasteiger partial charge in [0, 0.05) is 12.4 Å². The Balaban J connectivity index is 3.22. The molecule has 0 aliphatic carbocycles. The molecular weight excluding hydrogens is 180 g/mol. The number of hydrogen-bond acceptors (Lipinski definition) is 1. The molecule has 2 atom stereocenters. The summed E-state index contributed by atoms with van der Waals surface area (Å²) in [6.45, 7) is 4.31. The number of rotatable bonds is 4. The Hall–Kier alpha value is 0.440. The first kappa shape index (κ1) is 9.44. The van der Waals surface area contributed by atoms with Crippen molar-refractivity contribution >= 4 is 15.9 Å². The van der Waals surface area contributed by atoms with Gasteiger partial charge in [0.15, 0.2) is 0 Å². The molecule has 0 amide bonds. The van der Waals surface area contributed by atoms with Gasteiger partial charge in [0.1, 0.15) is 0 Å². The Morgan fingerprint density at radius 2 is 2.00 bits per heavy atom. The lowest BCUT2D eigenvalue weighted by atomic mass is 10.1. The van der Waals surface area contributed by atoms with Crippen molar-refractivity contribution in [3.05, 3.63) is 0 Å². The van der Waals surface area contributed by atoms with E-state index in [0.717, 1.165) is 17.7 Å². The van der Waals surface area contributed by atoms with E-state index in [1.54, 1.807) is 7.11 Å². The zero-order valence-electron chi connectivity index (χ0n) is 6.36. The Kier molecular flexibility index (Phi) is 5.50. The number of methoxy groups -OCH3 is 1. The molecule has 0 saturated heterocycles. The minimum atomic E-state index is 0.401. The zero-order chi connectivity index (χ0) is 7.28. The molecule has 0 fully saturated rings. The van der Waals surface area contributed by atoms with E-state index in [1.807, 2.05) is 0 Å². The van der Waals surface area contributed by atoms with Gasteiger partial charge in [-0.05, 0) is 19.3 Å². The molecule has 0 aromatic heterocycles. The van der Waals surface area contributed by atoms with E-state index in [0.29, 0.717) is 6.10 Å². The van der Waals surface area contributed by atoms with Crippen molar-refractivity contribution in [2.24, 2.45) is 5.92 Å². The highest BCUT2D eigenvalue weighted by Gasteiger charge is 2.04. The van der Waals surface area contributed by atoms with Gasteiger partial charge in [-0.3, -0.25) is 0 Å². The molecule has 0 aromatic rings. The smallest absolute Gasteiger partial charge is 0.0546 e.